The van der Waals surface area contributed by atoms with Crippen LogP contribution in [0.15, 0.2) is 72.3 Å². The highest BCUT2D eigenvalue weighted by Gasteiger charge is 2.12. The molecule has 34 heavy (non-hydrogen) atoms. The van der Waals surface area contributed by atoms with Gasteiger partial charge in [0, 0.05) is 18.8 Å². The van der Waals surface area contributed by atoms with Crippen molar-refractivity contribution >= 4 is 33.6 Å². The summed E-state index contributed by atoms with van der Waals surface area (Å²) in [5.41, 5.74) is 4.92. The first-order valence-electron chi connectivity index (χ1n) is 10.5. The summed E-state index contributed by atoms with van der Waals surface area (Å²) in [5.74, 6) is 2.92. The van der Waals surface area contributed by atoms with Crippen molar-refractivity contribution in [1.29, 1.82) is 0 Å². The van der Waals surface area contributed by atoms with Crippen LogP contribution in [0.3, 0.4) is 0 Å². The number of hydrogen-bond acceptors (Lipinski definition) is 9. The Bertz CT molecular complexity index is 1640. The van der Waals surface area contributed by atoms with Gasteiger partial charge in [0.25, 0.3) is 0 Å². The molecular formula is C24H18N8O2. The molecule has 1 N–H and O–H groups in total. The zero-order valence-electron chi connectivity index (χ0n) is 18.3. The first-order valence-corrected chi connectivity index (χ1v) is 10.5. The Morgan fingerprint density at radius 1 is 0.971 bits per heavy atom. The number of imidazole rings is 1. The number of oxazole rings is 1. The van der Waals surface area contributed by atoms with Crippen LogP contribution in [0.5, 0.6) is 11.5 Å². The van der Waals surface area contributed by atoms with Crippen molar-refractivity contribution in [3.05, 3.63) is 73.4 Å². The van der Waals surface area contributed by atoms with E-state index in [1.807, 2.05) is 54.9 Å². The average Bonchev–Trinajstić information content (AvgIpc) is 3.51. The summed E-state index contributed by atoms with van der Waals surface area (Å²) in [6, 6.07) is 11.7. The molecular weight excluding hydrogens is 432 g/mol. The molecule has 0 bridgehead atoms. The SMILES string of the molecule is Cc1cc(Nc2ncnc3cnc(-c4cnco4)nc23)ccc1Oc1ccc2c(c1)ncn2C. The van der Waals surface area contributed by atoms with Gasteiger partial charge in [0.15, 0.2) is 23.8 Å². The molecule has 0 aliphatic carbocycles. The standard InChI is InChI=1S/C24H18N8O2/c1-14-7-15(3-6-20(14)34-16-4-5-19-17(8-16)29-12-32(19)2)30-24-22-18(27-11-28-24)9-26-23(31-22)21-10-25-13-33-21/h3-13H,1-2H3,(H,27,28,30). The van der Waals surface area contributed by atoms with E-state index in [1.54, 1.807) is 18.7 Å². The summed E-state index contributed by atoms with van der Waals surface area (Å²) >= 11 is 0. The molecule has 0 spiro atoms. The normalized spacial score (nSPS) is 11.2. The summed E-state index contributed by atoms with van der Waals surface area (Å²) in [5, 5.41) is 3.32. The molecule has 0 aliphatic rings. The van der Waals surface area contributed by atoms with Crippen molar-refractivity contribution in [1.82, 2.24) is 34.5 Å². The maximum atomic E-state index is 6.12. The summed E-state index contributed by atoms with van der Waals surface area (Å²) in [6.07, 6.45) is 7.79. The average molecular weight is 450 g/mol. The van der Waals surface area contributed by atoms with Crippen LogP contribution < -0.4 is 10.1 Å². The molecule has 6 aromatic rings. The van der Waals surface area contributed by atoms with Crippen molar-refractivity contribution in [2.45, 2.75) is 6.92 Å². The lowest BCUT2D eigenvalue weighted by atomic mass is 10.2. The Balaban J connectivity index is 1.28. The Labute approximate surface area is 193 Å². The Kier molecular flexibility index (Phi) is 4.61. The predicted octanol–water partition coefficient (Wildman–Crippen LogP) is 4.81. The number of aryl methyl sites for hydroxylation is 2. The van der Waals surface area contributed by atoms with Gasteiger partial charge in [-0.25, -0.2) is 29.9 Å². The Morgan fingerprint density at radius 2 is 1.91 bits per heavy atom. The second-order valence-electron chi connectivity index (χ2n) is 7.73. The maximum Gasteiger partial charge on any atom is 0.198 e. The quantitative estimate of drug-likeness (QED) is 0.395. The largest absolute Gasteiger partial charge is 0.457 e. The molecule has 0 saturated heterocycles. The smallest absolute Gasteiger partial charge is 0.198 e. The second kappa shape index (κ2) is 7.93. The van der Waals surface area contributed by atoms with Gasteiger partial charge >= 0.3 is 0 Å². The minimum absolute atomic E-state index is 0.410. The molecule has 0 saturated carbocycles. The first-order chi connectivity index (χ1) is 16.6. The predicted molar refractivity (Wildman–Crippen MR) is 126 cm³/mol. The van der Waals surface area contributed by atoms with E-state index in [-0.39, 0.29) is 0 Å². The number of anilines is 2. The van der Waals surface area contributed by atoms with Gasteiger partial charge in [0.2, 0.25) is 0 Å². The van der Waals surface area contributed by atoms with E-state index in [4.69, 9.17) is 9.15 Å². The molecule has 0 unspecified atom stereocenters. The third-order valence-electron chi connectivity index (χ3n) is 5.39. The number of benzene rings is 2. The Morgan fingerprint density at radius 3 is 2.76 bits per heavy atom. The van der Waals surface area contributed by atoms with Gasteiger partial charge in [0.1, 0.15) is 28.9 Å². The minimum atomic E-state index is 0.410. The zero-order chi connectivity index (χ0) is 23.1. The molecule has 0 fully saturated rings. The lowest BCUT2D eigenvalue weighted by Gasteiger charge is -2.12. The molecule has 166 valence electrons. The number of nitrogens with zero attached hydrogens (tertiary/aromatic N) is 7. The Hall–Kier alpha value is -4.86. The van der Waals surface area contributed by atoms with Crippen LogP contribution in [0.25, 0.3) is 33.7 Å². The van der Waals surface area contributed by atoms with Gasteiger partial charge in [-0.1, -0.05) is 0 Å². The van der Waals surface area contributed by atoms with Gasteiger partial charge in [-0.3, -0.25) is 0 Å². The van der Waals surface area contributed by atoms with Crippen LogP contribution in [0.2, 0.25) is 0 Å². The highest BCUT2D eigenvalue weighted by Crippen LogP contribution is 2.31. The van der Waals surface area contributed by atoms with Crippen LogP contribution in [0.1, 0.15) is 5.56 Å². The van der Waals surface area contributed by atoms with Gasteiger partial charge in [-0.15, -0.1) is 0 Å². The topological polar surface area (TPSA) is 117 Å². The third kappa shape index (κ3) is 3.56. The van der Waals surface area contributed by atoms with E-state index in [1.165, 1.54) is 12.7 Å². The van der Waals surface area contributed by atoms with Crippen molar-refractivity contribution in [3.63, 3.8) is 0 Å². The lowest BCUT2D eigenvalue weighted by Crippen LogP contribution is -2.00. The van der Waals surface area contributed by atoms with Crippen LogP contribution in [0.4, 0.5) is 11.5 Å². The molecule has 0 radical (unpaired) electrons. The summed E-state index contributed by atoms with van der Waals surface area (Å²) in [7, 11) is 1.97. The fraction of sp³-hybridized carbons (Fsp3) is 0.0833. The fourth-order valence-corrected chi connectivity index (χ4v) is 3.68. The van der Waals surface area contributed by atoms with Gasteiger partial charge in [-0.2, -0.15) is 0 Å². The number of fused-ring (bicyclic) bond motifs is 2. The van der Waals surface area contributed by atoms with Crippen molar-refractivity contribution in [2.24, 2.45) is 7.05 Å². The molecule has 4 heterocycles. The summed E-state index contributed by atoms with van der Waals surface area (Å²) in [6.45, 7) is 1.99. The third-order valence-corrected chi connectivity index (χ3v) is 5.39. The summed E-state index contributed by atoms with van der Waals surface area (Å²) < 4.78 is 13.4. The van der Waals surface area contributed by atoms with Crippen LogP contribution in [0, 0.1) is 6.92 Å². The number of aromatic nitrogens is 7. The zero-order valence-corrected chi connectivity index (χ0v) is 18.3. The summed E-state index contributed by atoms with van der Waals surface area (Å²) in [4.78, 5) is 25.8. The van der Waals surface area contributed by atoms with Crippen molar-refractivity contribution in [2.75, 3.05) is 5.32 Å². The highest BCUT2D eigenvalue weighted by atomic mass is 16.5. The van der Waals surface area contributed by atoms with Crippen LogP contribution in [-0.4, -0.2) is 34.5 Å². The molecule has 10 nitrogen and oxygen atoms in total. The van der Waals surface area contributed by atoms with Crippen molar-refractivity contribution in [3.8, 4) is 23.1 Å². The molecule has 0 aliphatic heterocycles. The number of rotatable bonds is 5. The monoisotopic (exact) mass is 450 g/mol. The van der Waals surface area contributed by atoms with Gasteiger partial charge in [-0.05, 0) is 42.8 Å². The molecule has 4 aromatic heterocycles. The highest BCUT2D eigenvalue weighted by molar-refractivity contribution is 5.87. The molecule has 6 rings (SSSR count). The van der Waals surface area contributed by atoms with E-state index in [0.29, 0.717) is 28.4 Å². The van der Waals surface area contributed by atoms with E-state index in [2.05, 4.69) is 35.2 Å². The van der Waals surface area contributed by atoms with E-state index in [9.17, 15) is 0 Å². The molecule has 0 amide bonds. The second-order valence-corrected chi connectivity index (χ2v) is 7.73. The van der Waals surface area contributed by atoms with Gasteiger partial charge < -0.3 is 19.0 Å². The number of hydrogen-bond donors (Lipinski definition) is 1. The number of ether oxygens (including phenoxy) is 1. The van der Waals surface area contributed by atoms with Crippen LogP contribution >= 0.6 is 0 Å². The van der Waals surface area contributed by atoms with Crippen molar-refractivity contribution < 1.29 is 9.15 Å². The van der Waals surface area contributed by atoms with Crippen LogP contribution in [-0.2, 0) is 7.05 Å². The van der Waals surface area contributed by atoms with E-state index in [0.717, 1.165) is 33.8 Å². The minimum Gasteiger partial charge on any atom is -0.457 e. The number of nitrogens with one attached hydrogen (secondary N) is 1. The molecule has 10 heteroatoms. The van der Waals surface area contributed by atoms with Gasteiger partial charge in [0.05, 0.1) is 29.8 Å². The first kappa shape index (κ1) is 19.8. The molecule has 0 atom stereocenters. The lowest BCUT2D eigenvalue weighted by molar-refractivity contribution is 0.479. The van der Waals surface area contributed by atoms with E-state index < -0.39 is 0 Å². The fourth-order valence-electron chi connectivity index (χ4n) is 3.68. The molecule has 2 aromatic carbocycles. The van der Waals surface area contributed by atoms with E-state index >= 15 is 0 Å². The maximum absolute atomic E-state index is 6.12.